The number of ether oxygens (including phenoxy) is 2. The average Bonchev–Trinajstić information content (AvgIpc) is 2.69. The van der Waals surface area contributed by atoms with Crippen molar-refractivity contribution >= 4 is 17.3 Å². The van der Waals surface area contributed by atoms with Crippen LogP contribution in [0.4, 0.5) is 11.4 Å². The molecule has 0 bridgehead atoms. The summed E-state index contributed by atoms with van der Waals surface area (Å²) in [7, 11) is 0. The van der Waals surface area contributed by atoms with Gasteiger partial charge in [0.2, 0.25) is 5.91 Å². The normalized spacial score (nSPS) is 16.9. The molecule has 0 atom stereocenters. The number of benzene rings is 2. The lowest BCUT2D eigenvalue weighted by Crippen LogP contribution is -2.32. The standard InChI is InChI=1S/C22H26N2O3/c1-16-8-10-24(11-9-16)19-5-3-18(4-6-19)23-22(25)15-17-2-7-20-21(14-17)27-13-12-26-20/h2-7,14,16H,8-13,15H2,1H3,(H,23,25). The van der Waals surface area contributed by atoms with Gasteiger partial charge in [-0.2, -0.15) is 0 Å². The fourth-order valence-electron chi connectivity index (χ4n) is 3.61. The number of piperidine rings is 1. The molecule has 1 fully saturated rings. The predicted octanol–water partition coefficient (Wildman–Crippen LogP) is 3.88. The quantitative estimate of drug-likeness (QED) is 0.892. The Balaban J connectivity index is 1.34. The number of carbonyl (C=O) groups is 1. The van der Waals surface area contributed by atoms with Crippen LogP contribution in [0.15, 0.2) is 42.5 Å². The highest BCUT2D eigenvalue weighted by Gasteiger charge is 2.16. The first-order valence-corrected chi connectivity index (χ1v) is 9.71. The molecule has 2 aliphatic heterocycles. The molecule has 0 aliphatic carbocycles. The zero-order valence-electron chi connectivity index (χ0n) is 15.7. The Morgan fingerprint density at radius 3 is 2.48 bits per heavy atom. The lowest BCUT2D eigenvalue weighted by molar-refractivity contribution is -0.115. The van der Waals surface area contributed by atoms with Crippen molar-refractivity contribution in [3.8, 4) is 11.5 Å². The van der Waals surface area contributed by atoms with Gasteiger partial charge in [-0.1, -0.05) is 13.0 Å². The van der Waals surface area contributed by atoms with E-state index in [9.17, 15) is 4.79 Å². The minimum absolute atomic E-state index is 0.0359. The first-order valence-electron chi connectivity index (χ1n) is 9.71. The summed E-state index contributed by atoms with van der Waals surface area (Å²) in [6.07, 6.45) is 2.80. The molecule has 4 rings (SSSR count). The van der Waals surface area contributed by atoms with Crippen LogP contribution < -0.4 is 19.7 Å². The van der Waals surface area contributed by atoms with E-state index in [4.69, 9.17) is 9.47 Å². The summed E-state index contributed by atoms with van der Waals surface area (Å²) >= 11 is 0. The van der Waals surface area contributed by atoms with Crippen LogP contribution in [-0.4, -0.2) is 32.2 Å². The van der Waals surface area contributed by atoms with Gasteiger partial charge in [-0.25, -0.2) is 0 Å². The highest BCUT2D eigenvalue weighted by atomic mass is 16.6. The van der Waals surface area contributed by atoms with Gasteiger partial charge in [-0.3, -0.25) is 4.79 Å². The Hall–Kier alpha value is -2.69. The van der Waals surface area contributed by atoms with Gasteiger partial charge in [-0.15, -0.1) is 0 Å². The molecule has 1 amide bonds. The Labute approximate surface area is 160 Å². The second kappa shape index (κ2) is 7.91. The van der Waals surface area contributed by atoms with Crippen LogP contribution >= 0.6 is 0 Å². The smallest absolute Gasteiger partial charge is 0.228 e. The number of anilines is 2. The van der Waals surface area contributed by atoms with Crippen LogP contribution in [0.1, 0.15) is 25.3 Å². The summed E-state index contributed by atoms with van der Waals surface area (Å²) in [4.78, 5) is 14.8. The van der Waals surface area contributed by atoms with Gasteiger partial charge in [0.1, 0.15) is 13.2 Å². The van der Waals surface area contributed by atoms with E-state index in [2.05, 4.69) is 29.3 Å². The van der Waals surface area contributed by atoms with E-state index < -0.39 is 0 Å². The number of rotatable bonds is 4. The van der Waals surface area contributed by atoms with Crippen LogP contribution in [0.3, 0.4) is 0 Å². The first kappa shape index (κ1) is 17.7. The lowest BCUT2D eigenvalue weighted by atomic mass is 9.99. The molecular weight excluding hydrogens is 340 g/mol. The van der Waals surface area contributed by atoms with Gasteiger partial charge in [-0.05, 0) is 60.7 Å². The summed E-state index contributed by atoms with van der Waals surface area (Å²) in [6.45, 7) is 5.65. The number of carbonyl (C=O) groups excluding carboxylic acids is 1. The van der Waals surface area contributed by atoms with Gasteiger partial charge in [0.15, 0.2) is 11.5 Å². The van der Waals surface area contributed by atoms with E-state index in [0.29, 0.717) is 25.4 Å². The van der Waals surface area contributed by atoms with Gasteiger partial charge < -0.3 is 19.7 Å². The third kappa shape index (κ3) is 4.35. The SMILES string of the molecule is CC1CCN(c2ccc(NC(=O)Cc3ccc4c(c3)OCCO4)cc2)CC1. The van der Waals surface area contributed by atoms with E-state index in [1.807, 2.05) is 30.3 Å². The Bertz CT molecular complexity index is 796. The Morgan fingerprint density at radius 2 is 1.74 bits per heavy atom. The predicted molar refractivity (Wildman–Crippen MR) is 107 cm³/mol. The average molecular weight is 366 g/mol. The minimum atomic E-state index is -0.0359. The van der Waals surface area contributed by atoms with Gasteiger partial charge in [0.05, 0.1) is 6.42 Å². The summed E-state index contributed by atoms with van der Waals surface area (Å²) in [5, 5.41) is 2.98. The summed E-state index contributed by atoms with van der Waals surface area (Å²) in [6, 6.07) is 13.8. The third-order valence-electron chi connectivity index (χ3n) is 5.27. The molecule has 5 heteroatoms. The molecule has 142 valence electrons. The molecule has 0 radical (unpaired) electrons. The first-order chi connectivity index (χ1) is 13.2. The fourth-order valence-corrected chi connectivity index (χ4v) is 3.61. The molecule has 2 aromatic rings. The van der Waals surface area contributed by atoms with Crippen LogP contribution in [0.25, 0.3) is 0 Å². The monoisotopic (exact) mass is 366 g/mol. The maximum atomic E-state index is 12.4. The maximum absolute atomic E-state index is 12.4. The number of hydrogen-bond donors (Lipinski definition) is 1. The van der Waals surface area contributed by atoms with Crippen molar-refractivity contribution in [2.24, 2.45) is 5.92 Å². The van der Waals surface area contributed by atoms with Crippen molar-refractivity contribution < 1.29 is 14.3 Å². The topological polar surface area (TPSA) is 50.8 Å². The molecule has 0 spiro atoms. The molecule has 0 aromatic heterocycles. The minimum Gasteiger partial charge on any atom is -0.486 e. The van der Waals surface area contributed by atoms with Crippen molar-refractivity contribution in [2.45, 2.75) is 26.2 Å². The van der Waals surface area contributed by atoms with Crippen molar-refractivity contribution in [1.82, 2.24) is 0 Å². The van der Waals surface area contributed by atoms with Gasteiger partial charge in [0, 0.05) is 24.5 Å². The summed E-state index contributed by atoms with van der Waals surface area (Å²) < 4.78 is 11.1. The highest BCUT2D eigenvalue weighted by Crippen LogP contribution is 2.31. The van der Waals surface area contributed by atoms with E-state index in [1.54, 1.807) is 0 Å². The van der Waals surface area contributed by atoms with Crippen molar-refractivity contribution in [3.05, 3.63) is 48.0 Å². The van der Waals surface area contributed by atoms with E-state index in [0.717, 1.165) is 36.0 Å². The number of nitrogens with one attached hydrogen (secondary N) is 1. The molecule has 27 heavy (non-hydrogen) atoms. The molecular formula is C22H26N2O3. The second-order valence-electron chi connectivity index (χ2n) is 7.42. The lowest BCUT2D eigenvalue weighted by Gasteiger charge is -2.32. The van der Waals surface area contributed by atoms with Crippen molar-refractivity contribution in [1.29, 1.82) is 0 Å². The molecule has 5 nitrogen and oxygen atoms in total. The molecule has 1 saturated heterocycles. The molecule has 2 aliphatic rings. The Kier molecular flexibility index (Phi) is 5.19. The molecule has 0 saturated carbocycles. The Morgan fingerprint density at radius 1 is 1.04 bits per heavy atom. The number of amides is 1. The zero-order chi connectivity index (χ0) is 18.6. The second-order valence-corrected chi connectivity index (χ2v) is 7.42. The summed E-state index contributed by atoms with van der Waals surface area (Å²) in [5.41, 5.74) is 2.97. The van der Waals surface area contributed by atoms with Crippen LogP contribution in [0, 0.1) is 5.92 Å². The van der Waals surface area contributed by atoms with E-state index in [1.165, 1.54) is 18.5 Å². The zero-order valence-corrected chi connectivity index (χ0v) is 15.7. The summed E-state index contributed by atoms with van der Waals surface area (Å²) in [5.74, 6) is 2.24. The van der Waals surface area contributed by atoms with E-state index >= 15 is 0 Å². The molecule has 2 heterocycles. The number of fused-ring (bicyclic) bond motifs is 1. The highest BCUT2D eigenvalue weighted by molar-refractivity contribution is 5.92. The van der Waals surface area contributed by atoms with Crippen molar-refractivity contribution in [3.63, 3.8) is 0 Å². The maximum Gasteiger partial charge on any atom is 0.228 e. The van der Waals surface area contributed by atoms with Gasteiger partial charge >= 0.3 is 0 Å². The molecule has 1 N–H and O–H groups in total. The van der Waals surface area contributed by atoms with Gasteiger partial charge in [0.25, 0.3) is 0 Å². The molecule has 2 aromatic carbocycles. The number of hydrogen-bond acceptors (Lipinski definition) is 4. The largest absolute Gasteiger partial charge is 0.486 e. The van der Waals surface area contributed by atoms with Crippen LogP contribution in [0.5, 0.6) is 11.5 Å². The van der Waals surface area contributed by atoms with Crippen molar-refractivity contribution in [2.75, 3.05) is 36.5 Å². The van der Waals surface area contributed by atoms with E-state index in [-0.39, 0.29) is 5.91 Å². The van der Waals surface area contributed by atoms with Crippen LogP contribution in [-0.2, 0) is 11.2 Å². The van der Waals surface area contributed by atoms with Crippen LogP contribution in [0.2, 0.25) is 0 Å². The molecule has 0 unspecified atom stereocenters. The third-order valence-corrected chi connectivity index (χ3v) is 5.27. The fraction of sp³-hybridized carbons (Fsp3) is 0.409. The number of nitrogens with zero attached hydrogens (tertiary/aromatic N) is 1.